The van der Waals surface area contributed by atoms with Gasteiger partial charge in [0.2, 0.25) is 0 Å². The lowest BCUT2D eigenvalue weighted by Crippen LogP contribution is -2.29. The summed E-state index contributed by atoms with van der Waals surface area (Å²) in [6.45, 7) is 1.78. The topological polar surface area (TPSA) is 104 Å². The average molecular weight is 429 g/mol. The lowest BCUT2D eigenvalue weighted by atomic mass is 9.78. The highest BCUT2D eigenvalue weighted by Gasteiger charge is 2.32. The van der Waals surface area contributed by atoms with Crippen LogP contribution in [0.2, 0.25) is 0 Å². The number of aliphatic hydroxyl groups excluding tert-OH is 2. The van der Waals surface area contributed by atoms with Gasteiger partial charge in [-0.05, 0) is 49.6 Å². The summed E-state index contributed by atoms with van der Waals surface area (Å²) in [6, 6.07) is 14.0. The van der Waals surface area contributed by atoms with E-state index < -0.39 is 11.7 Å². The molecule has 31 heavy (non-hydrogen) atoms. The van der Waals surface area contributed by atoms with E-state index in [1.54, 1.807) is 37.3 Å². The highest BCUT2D eigenvalue weighted by molar-refractivity contribution is 5.96. The van der Waals surface area contributed by atoms with Gasteiger partial charge in [-0.2, -0.15) is 0 Å². The van der Waals surface area contributed by atoms with Crippen molar-refractivity contribution in [1.29, 1.82) is 0 Å². The van der Waals surface area contributed by atoms with Crippen LogP contribution in [0.5, 0.6) is 5.75 Å². The Balaban J connectivity index is 0.000000220. The first-order valence-corrected chi connectivity index (χ1v) is 10.7. The maximum atomic E-state index is 11.5. The third-order valence-corrected chi connectivity index (χ3v) is 5.29. The van der Waals surface area contributed by atoms with Crippen LogP contribution < -0.4 is 4.74 Å². The first kappa shape index (κ1) is 24.7. The normalized spacial score (nSPS) is 15.9. The number of ketones is 1. The minimum Gasteiger partial charge on any atom is -0.491 e. The van der Waals surface area contributed by atoms with Crippen molar-refractivity contribution in [2.24, 2.45) is 0 Å². The van der Waals surface area contributed by atoms with Crippen molar-refractivity contribution >= 4 is 12.1 Å². The molecule has 1 saturated carbocycles. The van der Waals surface area contributed by atoms with Gasteiger partial charge in [-0.3, -0.25) is 9.59 Å². The van der Waals surface area contributed by atoms with Crippen LogP contribution >= 0.6 is 0 Å². The molecule has 0 bridgehead atoms. The minimum atomic E-state index is -0.768. The van der Waals surface area contributed by atoms with Gasteiger partial charge in [0.25, 0.3) is 0 Å². The first-order chi connectivity index (χ1) is 14.9. The highest BCUT2D eigenvalue weighted by Crippen LogP contribution is 2.37. The molecule has 2 aromatic rings. The molecule has 1 unspecified atom stereocenters. The third kappa shape index (κ3) is 7.58. The van der Waals surface area contributed by atoms with Gasteiger partial charge in [-0.15, -0.1) is 0 Å². The highest BCUT2D eigenvalue weighted by atomic mass is 16.5. The van der Waals surface area contributed by atoms with E-state index in [0.29, 0.717) is 16.9 Å². The van der Waals surface area contributed by atoms with Gasteiger partial charge in [-0.1, -0.05) is 43.5 Å². The van der Waals surface area contributed by atoms with Gasteiger partial charge in [0.15, 0.2) is 5.78 Å². The number of hydrogen-bond donors (Lipinski definition) is 3. The van der Waals surface area contributed by atoms with E-state index in [9.17, 15) is 14.7 Å². The van der Waals surface area contributed by atoms with E-state index in [4.69, 9.17) is 14.9 Å². The zero-order chi connectivity index (χ0) is 22.7. The monoisotopic (exact) mass is 428 g/mol. The summed E-state index contributed by atoms with van der Waals surface area (Å²) >= 11 is 0. The van der Waals surface area contributed by atoms with E-state index in [1.807, 2.05) is 18.2 Å². The summed E-state index contributed by atoms with van der Waals surface area (Å²) in [5.41, 5.74) is 1.22. The van der Waals surface area contributed by atoms with Crippen LogP contribution in [0.4, 0.5) is 0 Å². The number of aldehydes is 1. The van der Waals surface area contributed by atoms with Crippen LogP contribution in [-0.4, -0.2) is 46.7 Å². The number of ether oxygens (including phenoxy) is 1. The molecular formula is C25H32O6. The fourth-order valence-electron chi connectivity index (χ4n) is 3.72. The molecular weight excluding hydrogens is 396 g/mol. The molecule has 6 nitrogen and oxygen atoms in total. The first-order valence-electron chi connectivity index (χ1n) is 10.7. The van der Waals surface area contributed by atoms with Crippen molar-refractivity contribution in [1.82, 2.24) is 0 Å². The number of aliphatic hydroxyl groups is 3. The maximum absolute atomic E-state index is 11.5. The Hall–Kier alpha value is -2.54. The van der Waals surface area contributed by atoms with Crippen molar-refractivity contribution in [2.75, 3.05) is 13.2 Å². The molecule has 0 aliphatic heterocycles. The van der Waals surface area contributed by atoms with Crippen LogP contribution in [0.25, 0.3) is 0 Å². The van der Waals surface area contributed by atoms with Crippen molar-refractivity contribution < 1.29 is 29.6 Å². The predicted octanol–water partition coefficient (Wildman–Crippen LogP) is 3.66. The summed E-state index contributed by atoms with van der Waals surface area (Å²) in [5, 5.41) is 28.1. The van der Waals surface area contributed by atoms with Crippen molar-refractivity contribution in [3.63, 3.8) is 0 Å². The fraction of sp³-hybridized carbons (Fsp3) is 0.440. The summed E-state index contributed by atoms with van der Waals surface area (Å²) in [6.07, 6.45) is 5.16. The molecule has 0 saturated heterocycles. The van der Waals surface area contributed by atoms with Crippen molar-refractivity contribution in [2.45, 2.75) is 57.2 Å². The Kier molecular flexibility index (Phi) is 9.85. The Morgan fingerprint density at radius 2 is 1.74 bits per heavy atom. The molecule has 3 rings (SSSR count). The summed E-state index contributed by atoms with van der Waals surface area (Å²) in [4.78, 5) is 22.4. The number of rotatable bonds is 8. The van der Waals surface area contributed by atoms with Crippen LogP contribution in [-0.2, 0) is 5.60 Å². The number of carbonyl (C=O) groups is 2. The Bertz CT molecular complexity index is 822. The van der Waals surface area contributed by atoms with Crippen LogP contribution in [0.1, 0.15) is 71.7 Å². The molecule has 0 spiro atoms. The van der Waals surface area contributed by atoms with Gasteiger partial charge >= 0.3 is 0 Å². The van der Waals surface area contributed by atoms with Crippen LogP contribution in [0.15, 0.2) is 48.5 Å². The largest absolute Gasteiger partial charge is 0.491 e. The molecule has 6 heteroatoms. The van der Waals surface area contributed by atoms with Crippen molar-refractivity contribution in [3.8, 4) is 5.75 Å². The molecule has 0 aromatic heterocycles. The van der Waals surface area contributed by atoms with E-state index in [-0.39, 0.29) is 25.4 Å². The second-order valence-corrected chi connectivity index (χ2v) is 7.87. The van der Waals surface area contributed by atoms with E-state index in [1.165, 1.54) is 6.42 Å². The van der Waals surface area contributed by atoms with E-state index in [2.05, 4.69) is 0 Å². The smallest absolute Gasteiger partial charge is 0.165 e. The molecule has 0 radical (unpaired) electrons. The molecule has 1 aliphatic carbocycles. The maximum Gasteiger partial charge on any atom is 0.165 e. The predicted molar refractivity (Wildman–Crippen MR) is 118 cm³/mol. The van der Waals surface area contributed by atoms with E-state index in [0.717, 1.165) is 37.5 Å². The van der Waals surface area contributed by atoms with Gasteiger partial charge in [0.05, 0.1) is 18.3 Å². The standard InChI is InChI=1S/C13H16O2.C12H16O4/c14-10-11-6-2-3-7-12(11)13(15)8-4-1-5-9-13;1-9(14)8-12(15)10-2-4-11(5-3-10)16-7-6-13/h2-3,6-7,10,15H,1,4-5,8-9H2;2-5,9,13-14H,6-8H2,1H3. The molecule has 3 N–H and O–H groups in total. The zero-order valence-corrected chi connectivity index (χ0v) is 18.0. The molecule has 1 atom stereocenters. The Morgan fingerprint density at radius 1 is 1.10 bits per heavy atom. The van der Waals surface area contributed by atoms with E-state index >= 15 is 0 Å². The van der Waals surface area contributed by atoms with Gasteiger partial charge in [0.1, 0.15) is 18.6 Å². The average Bonchev–Trinajstić information content (AvgIpc) is 2.78. The molecule has 168 valence electrons. The molecule has 0 heterocycles. The van der Waals surface area contributed by atoms with Crippen LogP contribution in [0.3, 0.4) is 0 Å². The second kappa shape index (κ2) is 12.3. The Labute approximate surface area is 183 Å². The number of hydrogen-bond acceptors (Lipinski definition) is 6. The number of Topliss-reactive ketones (excluding diaryl/α,β-unsaturated/α-hetero) is 1. The molecule has 2 aromatic carbocycles. The molecule has 1 fully saturated rings. The zero-order valence-electron chi connectivity index (χ0n) is 18.0. The Morgan fingerprint density at radius 3 is 2.32 bits per heavy atom. The molecule has 0 amide bonds. The second-order valence-electron chi connectivity index (χ2n) is 7.87. The van der Waals surface area contributed by atoms with Gasteiger partial charge < -0.3 is 20.1 Å². The summed E-state index contributed by atoms with van der Waals surface area (Å²) in [5.74, 6) is 0.520. The fourth-order valence-corrected chi connectivity index (χ4v) is 3.72. The lowest BCUT2D eigenvalue weighted by Gasteiger charge is -2.33. The van der Waals surface area contributed by atoms with Gasteiger partial charge in [-0.25, -0.2) is 0 Å². The van der Waals surface area contributed by atoms with Gasteiger partial charge in [0, 0.05) is 17.5 Å². The summed E-state index contributed by atoms with van der Waals surface area (Å²) < 4.78 is 5.16. The lowest BCUT2D eigenvalue weighted by molar-refractivity contribution is -0.00114. The summed E-state index contributed by atoms with van der Waals surface area (Å²) in [7, 11) is 0. The van der Waals surface area contributed by atoms with Crippen LogP contribution in [0, 0.1) is 0 Å². The minimum absolute atomic E-state index is 0.0390. The molecule has 1 aliphatic rings. The SMILES string of the molecule is CC(O)CC(=O)c1ccc(OCCO)cc1.O=Cc1ccccc1C1(O)CCCCC1. The number of benzene rings is 2. The quantitative estimate of drug-likeness (QED) is 0.438. The van der Waals surface area contributed by atoms with Crippen molar-refractivity contribution in [3.05, 3.63) is 65.2 Å². The number of carbonyl (C=O) groups excluding carboxylic acids is 2. The third-order valence-electron chi connectivity index (χ3n) is 5.29.